The predicted octanol–water partition coefficient (Wildman–Crippen LogP) is 4.57. The first-order valence-electron chi connectivity index (χ1n) is 6.26. The van der Waals surface area contributed by atoms with E-state index in [9.17, 15) is 4.79 Å². The van der Waals surface area contributed by atoms with Crippen LogP contribution in [0.3, 0.4) is 0 Å². The fourth-order valence-electron chi connectivity index (χ4n) is 1.96. The molecular formula is C16H16BrNO. The van der Waals surface area contributed by atoms with Crippen LogP contribution in [0.1, 0.15) is 28.4 Å². The molecule has 0 saturated heterocycles. The first-order chi connectivity index (χ1) is 9.10. The van der Waals surface area contributed by atoms with Crippen molar-refractivity contribution in [2.24, 2.45) is 0 Å². The predicted molar refractivity (Wildman–Crippen MR) is 82.7 cm³/mol. The quantitative estimate of drug-likeness (QED) is 0.882. The van der Waals surface area contributed by atoms with Gasteiger partial charge in [0.05, 0.1) is 0 Å². The van der Waals surface area contributed by atoms with Crippen molar-refractivity contribution in [3.63, 3.8) is 0 Å². The number of benzene rings is 2. The van der Waals surface area contributed by atoms with Gasteiger partial charge in [0.25, 0.3) is 5.91 Å². The Labute approximate surface area is 122 Å². The number of hydrogen-bond acceptors (Lipinski definition) is 1. The van der Waals surface area contributed by atoms with Gasteiger partial charge in [0, 0.05) is 15.7 Å². The van der Waals surface area contributed by atoms with Crippen LogP contribution in [0.25, 0.3) is 0 Å². The number of amides is 1. The van der Waals surface area contributed by atoms with Gasteiger partial charge in [0.2, 0.25) is 0 Å². The number of aryl methyl sites for hydroxylation is 2. The van der Waals surface area contributed by atoms with E-state index in [1.54, 1.807) is 0 Å². The van der Waals surface area contributed by atoms with Gasteiger partial charge < -0.3 is 5.32 Å². The Morgan fingerprint density at radius 1 is 1.21 bits per heavy atom. The fourth-order valence-corrected chi connectivity index (χ4v) is 2.37. The van der Waals surface area contributed by atoms with Gasteiger partial charge in [-0.15, -0.1) is 0 Å². The molecule has 0 spiro atoms. The molecule has 2 rings (SSSR count). The summed E-state index contributed by atoms with van der Waals surface area (Å²) in [7, 11) is 0. The van der Waals surface area contributed by atoms with Crippen LogP contribution in [-0.2, 0) is 6.42 Å². The van der Waals surface area contributed by atoms with Gasteiger partial charge in [-0.05, 0) is 49.2 Å². The summed E-state index contributed by atoms with van der Waals surface area (Å²) in [6.45, 7) is 4.05. The average molecular weight is 318 g/mol. The minimum absolute atomic E-state index is 0.0688. The van der Waals surface area contributed by atoms with E-state index in [1.165, 1.54) is 0 Å². The van der Waals surface area contributed by atoms with Crippen LogP contribution in [0, 0.1) is 6.92 Å². The van der Waals surface area contributed by atoms with E-state index in [0.717, 1.165) is 27.7 Å². The van der Waals surface area contributed by atoms with Gasteiger partial charge in [-0.2, -0.15) is 0 Å². The van der Waals surface area contributed by atoms with Crippen molar-refractivity contribution in [3.05, 3.63) is 63.6 Å². The molecular weight excluding hydrogens is 302 g/mol. The van der Waals surface area contributed by atoms with E-state index in [-0.39, 0.29) is 5.91 Å². The lowest BCUT2D eigenvalue weighted by Crippen LogP contribution is -2.13. The Morgan fingerprint density at radius 2 is 2.00 bits per heavy atom. The highest BCUT2D eigenvalue weighted by Gasteiger charge is 2.08. The van der Waals surface area contributed by atoms with Crippen LogP contribution in [0.2, 0.25) is 0 Å². The highest BCUT2D eigenvalue weighted by atomic mass is 79.9. The smallest absolute Gasteiger partial charge is 0.255 e. The van der Waals surface area contributed by atoms with Gasteiger partial charge >= 0.3 is 0 Å². The van der Waals surface area contributed by atoms with Crippen molar-refractivity contribution in [1.82, 2.24) is 0 Å². The molecule has 0 aliphatic heterocycles. The van der Waals surface area contributed by atoms with E-state index in [2.05, 4.69) is 28.2 Å². The Balaban J connectivity index is 2.24. The summed E-state index contributed by atoms with van der Waals surface area (Å²) in [6, 6.07) is 13.5. The highest BCUT2D eigenvalue weighted by Crippen LogP contribution is 2.22. The van der Waals surface area contributed by atoms with E-state index < -0.39 is 0 Å². The maximum Gasteiger partial charge on any atom is 0.255 e. The standard InChI is InChI=1S/C16H16BrNO/c1-3-12-10-14(17)7-8-15(12)18-16(19)13-6-4-5-11(2)9-13/h4-10H,3H2,1-2H3,(H,18,19). The van der Waals surface area contributed by atoms with E-state index in [0.29, 0.717) is 5.56 Å². The molecule has 0 heterocycles. The Hall–Kier alpha value is -1.61. The number of rotatable bonds is 3. The number of nitrogens with one attached hydrogen (secondary N) is 1. The maximum absolute atomic E-state index is 12.2. The molecule has 0 aliphatic rings. The number of hydrogen-bond donors (Lipinski definition) is 1. The molecule has 1 amide bonds. The van der Waals surface area contributed by atoms with Crippen molar-refractivity contribution >= 4 is 27.5 Å². The van der Waals surface area contributed by atoms with Gasteiger partial charge in [-0.1, -0.05) is 40.5 Å². The zero-order chi connectivity index (χ0) is 13.8. The summed E-state index contributed by atoms with van der Waals surface area (Å²) in [6.07, 6.45) is 0.878. The average Bonchev–Trinajstić information content (AvgIpc) is 2.40. The third-order valence-corrected chi connectivity index (χ3v) is 3.47. The molecule has 19 heavy (non-hydrogen) atoms. The molecule has 3 heteroatoms. The van der Waals surface area contributed by atoms with Crippen LogP contribution in [0.4, 0.5) is 5.69 Å². The first kappa shape index (κ1) is 13.8. The molecule has 0 aliphatic carbocycles. The fraction of sp³-hybridized carbons (Fsp3) is 0.188. The molecule has 0 fully saturated rings. The molecule has 1 N–H and O–H groups in total. The van der Waals surface area contributed by atoms with Crippen LogP contribution >= 0.6 is 15.9 Å². The molecule has 2 aromatic carbocycles. The topological polar surface area (TPSA) is 29.1 Å². The lowest BCUT2D eigenvalue weighted by Gasteiger charge is -2.10. The summed E-state index contributed by atoms with van der Waals surface area (Å²) in [5.74, 6) is -0.0688. The van der Waals surface area contributed by atoms with Crippen LogP contribution in [-0.4, -0.2) is 5.91 Å². The summed E-state index contributed by atoms with van der Waals surface area (Å²) in [5.41, 5.74) is 3.76. The zero-order valence-electron chi connectivity index (χ0n) is 11.0. The minimum atomic E-state index is -0.0688. The van der Waals surface area contributed by atoms with Gasteiger partial charge in [-0.25, -0.2) is 0 Å². The Morgan fingerprint density at radius 3 is 2.68 bits per heavy atom. The number of halogens is 1. The summed E-state index contributed by atoms with van der Waals surface area (Å²) >= 11 is 3.45. The molecule has 0 radical (unpaired) electrons. The van der Waals surface area contributed by atoms with Crippen molar-refractivity contribution < 1.29 is 4.79 Å². The van der Waals surface area contributed by atoms with E-state index in [1.807, 2.05) is 49.4 Å². The summed E-state index contributed by atoms with van der Waals surface area (Å²) in [5, 5.41) is 2.97. The zero-order valence-corrected chi connectivity index (χ0v) is 12.6. The molecule has 2 nitrogen and oxygen atoms in total. The van der Waals surface area contributed by atoms with Gasteiger partial charge in [-0.3, -0.25) is 4.79 Å². The lowest BCUT2D eigenvalue weighted by atomic mass is 10.1. The monoisotopic (exact) mass is 317 g/mol. The van der Waals surface area contributed by atoms with Crippen LogP contribution in [0.5, 0.6) is 0 Å². The molecule has 0 atom stereocenters. The molecule has 0 unspecified atom stereocenters. The normalized spacial score (nSPS) is 10.3. The third kappa shape index (κ3) is 3.44. The SMILES string of the molecule is CCc1cc(Br)ccc1NC(=O)c1cccc(C)c1. The van der Waals surface area contributed by atoms with Crippen LogP contribution < -0.4 is 5.32 Å². The Bertz CT molecular complexity index is 607. The highest BCUT2D eigenvalue weighted by molar-refractivity contribution is 9.10. The summed E-state index contributed by atoms with van der Waals surface area (Å²) < 4.78 is 1.03. The molecule has 98 valence electrons. The molecule has 0 saturated carbocycles. The van der Waals surface area contributed by atoms with E-state index in [4.69, 9.17) is 0 Å². The third-order valence-electron chi connectivity index (χ3n) is 2.98. The van der Waals surface area contributed by atoms with Gasteiger partial charge in [0.15, 0.2) is 0 Å². The largest absolute Gasteiger partial charge is 0.322 e. The first-order valence-corrected chi connectivity index (χ1v) is 7.06. The Kier molecular flexibility index (Phi) is 4.38. The van der Waals surface area contributed by atoms with Crippen molar-refractivity contribution in [3.8, 4) is 0 Å². The summed E-state index contributed by atoms with van der Waals surface area (Å²) in [4.78, 5) is 12.2. The second kappa shape index (κ2) is 6.02. The molecule has 0 bridgehead atoms. The van der Waals surface area contributed by atoms with E-state index >= 15 is 0 Å². The number of carbonyl (C=O) groups is 1. The number of carbonyl (C=O) groups excluding carboxylic acids is 1. The van der Waals surface area contributed by atoms with Crippen molar-refractivity contribution in [1.29, 1.82) is 0 Å². The second-order valence-electron chi connectivity index (χ2n) is 4.48. The van der Waals surface area contributed by atoms with Crippen molar-refractivity contribution in [2.75, 3.05) is 5.32 Å². The maximum atomic E-state index is 12.2. The lowest BCUT2D eigenvalue weighted by molar-refractivity contribution is 0.102. The second-order valence-corrected chi connectivity index (χ2v) is 5.39. The minimum Gasteiger partial charge on any atom is -0.322 e. The molecule has 0 aromatic heterocycles. The van der Waals surface area contributed by atoms with Crippen LogP contribution in [0.15, 0.2) is 46.9 Å². The van der Waals surface area contributed by atoms with Crippen molar-refractivity contribution in [2.45, 2.75) is 20.3 Å². The van der Waals surface area contributed by atoms with Gasteiger partial charge in [0.1, 0.15) is 0 Å². The molecule has 2 aromatic rings. The number of anilines is 1.